The van der Waals surface area contributed by atoms with E-state index in [-0.39, 0.29) is 23.2 Å². The Morgan fingerprint density at radius 3 is 2.72 bits per heavy atom. The summed E-state index contributed by atoms with van der Waals surface area (Å²) in [6.07, 6.45) is 7.86. The zero-order valence-electron chi connectivity index (χ0n) is 18.3. The van der Waals surface area contributed by atoms with Gasteiger partial charge in [-0.25, -0.2) is 9.97 Å². The molecule has 158 valence electrons. The van der Waals surface area contributed by atoms with Crippen molar-refractivity contribution < 1.29 is 4.79 Å². The molecule has 32 heavy (non-hydrogen) atoms. The highest BCUT2D eigenvalue weighted by Crippen LogP contribution is 2.52. The van der Waals surface area contributed by atoms with Crippen LogP contribution in [0, 0.1) is 23.2 Å². The zero-order valence-corrected chi connectivity index (χ0v) is 18.3. The summed E-state index contributed by atoms with van der Waals surface area (Å²) in [6, 6.07) is 12.2. The lowest BCUT2D eigenvalue weighted by atomic mass is 9.57. The van der Waals surface area contributed by atoms with Gasteiger partial charge in [0.2, 0.25) is 0 Å². The van der Waals surface area contributed by atoms with Crippen LogP contribution in [0.1, 0.15) is 56.0 Å². The molecular weight excluding hydrogens is 396 g/mol. The third-order valence-electron chi connectivity index (χ3n) is 7.73. The molecule has 0 spiro atoms. The molecule has 0 unspecified atom stereocenters. The molecule has 0 N–H and O–H groups in total. The van der Waals surface area contributed by atoms with E-state index in [1.807, 2.05) is 43.5 Å². The lowest BCUT2D eigenvalue weighted by Gasteiger charge is -2.45. The predicted molar refractivity (Wildman–Crippen MR) is 122 cm³/mol. The first kappa shape index (κ1) is 19.3. The Morgan fingerprint density at radius 2 is 1.94 bits per heavy atom. The SMILES string of the molecule is C[C@H]1C(=O)C(C#N)=C[C@@]2(C)c3nc(-c4ccnc5ccccc45)nc(C4CC4)c3CC[C@H]12. The van der Waals surface area contributed by atoms with E-state index in [1.54, 1.807) is 0 Å². The number of aromatic nitrogens is 3. The molecule has 1 fully saturated rings. The summed E-state index contributed by atoms with van der Waals surface area (Å²) in [5.41, 5.74) is 5.14. The highest BCUT2D eigenvalue weighted by molar-refractivity contribution is 6.02. The molecule has 5 heteroatoms. The summed E-state index contributed by atoms with van der Waals surface area (Å²) >= 11 is 0. The van der Waals surface area contributed by atoms with Gasteiger partial charge in [0.15, 0.2) is 11.6 Å². The molecule has 1 saturated carbocycles. The minimum Gasteiger partial charge on any atom is -0.293 e. The van der Waals surface area contributed by atoms with Gasteiger partial charge in [-0.15, -0.1) is 0 Å². The average molecular weight is 421 g/mol. The van der Waals surface area contributed by atoms with Crippen molar-refractivity contribution in [3.05, 3.63) is 65.1 Å². The second-order valence-corrected chi connectivity index (χ2v) is 9.66. The maximum atomic E-state index is 12.8. The Hall–Kier alpha value is -3.39. The number of Topliss-reactive ketones (excluding diaryl/α,β-unsaturated/α-hetero) is 1. The first-order valence-corrected chi connectivity index (χ1v) is 11.4. The number of pyridine rings is 1. The van der Waals surface area contributed by atoms with E-state index in [0.29, 0.717) is 5.92 Å². The maximum Gasteiger partial charge on any atom is 0.176 e. The van der Waals surface area contributed by atoms with Gasteiger partial charge in [0.25, 0.3) is 0 Å². The van der Waals surface area contributed by atoms with Crippen LogP contribution in [-0.4, -0.2) is 20.7 Å². The predicted octanol–water partition coefficient (Wildman–Crippen LogP) is 5.06. The van der Waals surface area contributed by atoms with E-state index in [4.69, 9.17) is 9.97 Å². The van der Waals surface area contributed by atoms with E-state index < -0.39 is 5.41 Å². The molecule has 0 radical (unpaired) electrons. The number of nitrogens with zero attached hydrogens (tertiary/aromatic N) is 4. The average Bonchev–Trinajstić information content (AvgIpc) is 3.66. The quantitative estimate of drug-likeness (QED) is 0.579. The molecule has 2 aromatic heterocycles. The third kappa shape index (κ3) is 2.69. The fourth-order valence-corrected chi connectivity index (χ4v) is 5.91. The van der Waals surface area contributed by atoms with Crippen molar-refractivity contribution in [3.63, 3.8) is 0 Å². The summed E-state index contributed by atoms with van der Waals surface area (Å²) in [4.78, 5) is 27.6. The van der Waals surface area contributed by atoms with Crippen molar-refractivity contribution >= 4 is 16.7 Å². The second-order valence-electron chi connectivity index (χ2n) is 9.66. The van der Waals surface area contributed by atoms with Gasteiger partial charge < -0.3 is 0 Å². The number of rotatable bonds is 2. The molecule has 0 amide bonds. The van der Waals surface area contributed by atoms with E-state index in [1.165, 1.54) is 11.3 Å². The number of para-hydroxylation sites is 1. The Morgan fingerprint density at radius 1 is 1.12 bits per heavy atom. The van der Waals surface area contributed by atoms with Crippen LogP contribution in [0.4, 0.5) is 0 Å². The monoisotopic (exact) mass is 420 g/mol. The molecule has 2 heterocycles. The van der Waals surface area contributed by atoms with Crippen LogP contribution in [0.3, 0.4) is 0 Å². The van der Waals surface area contributed by atoms with Crippen molar-refractivity contribution in [2.75, 3.05) is 0 Å². The number of hydrogen-bond donors (Lipinski definition) is 0. The molecule has 0 bridgehead atoms. The van der Waals surface area contributed by atoms with Crippen molar-refractivity contribution in [3.8, 4) is 17.5 Å². The molecule has 3 aliphatic carbocycles. The molecule has 0 saturated heterocycles. The maximum absolute atomic E-state index is 12.8. The molecule has 6 rings (SSSR count). The Bertz CT molecular complexity index is 1360. The molecule has 0 aliphatic heterocycles. The standard InChI is InChI=1S/C27H24N4O/c1-15-21-10-9-20-23(16-7-8-16)30-26(19-11-12-29-22-6-4-3-5-18(19)22)31-25(20)27(21,2)13-17(14-28)24(15)32/h3-6,11-13,15-16,21H,7-10H2,1-2H3/t15-,21-,27-/m1/s1. The fourth-order valence-electron chi connectivity index (χ4n) is 5.91. The summed E-state index contributed by atoms with van der Waals surface area (Å²) in [7, 11) is 0. The van der Waals surface area contributed by atoms with E-state index >= 15 is 0 Å². The van der Waals surface area contributed by atoms with Crippen LogP contribution in [0.25, 0.3) is 22.3 Å². The van der Waals surface area contributed by atoms with Gasteiger partial charge in [0.1, 0.15) is 6.07 Å². The number of carbonyl (C=O) groups is 1. The van der Waals surface area contributed by atoms with E-state index in [0.717, 1.165) is 53.7 Å². The highest BCUT2D eigenvalue weighted by atomic mass is 16.1. The molecule has 5 nitrogen and oxygen atoms in total. The molecule has 1 aromatic carbocycles. The van der Waals surface area contributed by atoms with Gasteiger partial charge in [-0.2, -0.15) is 5.26 Å². The first-order valence-electron chi connectivity index (χ1n) is 11.4. The number of nitriles is 1. The largest absolute Gasteiger partial charge is 0.293 e. The van der Waals surface area contributed by atoms with Crippen molar-refractivity contribution in [1.82, 2.24) is 15.0 Å². The van der Waals surface area contributed by atoms with Crippen molar-refractivity contribution in [2.45, 2.75) is 50.9 Å². The number of allylic oxidation sites excluding steroid dienone is 2. The van der Waals surface area contributed by atoms with Crippen molar-refractivity contribution in [1.29, 1.82) is 5.26 Å². The summed E-state index contributed by atoms with van der Waals surface area (Å²) in [5.74, 6) is 1.14. The Labute approximate surface area is 187 Å². The van der Waals surface area contributed by atoms with Crippen LogP contribution < -0.4 is 0 Å². The number of benzene rings is 1. The molecule has 3 aromatic rings. The lowest BCUT2D eigenvalue weighted by molar-refractivity contribution is -0.121. The number of carbonyl (C=O) groups excluding carboxylic acids is 1. The second kappa shape index (κ2) is 6.80. The fraction of sp³-hybridized carbons (Fsp3) is 0.370. The number of hydrogen-bond acceptors (Lipinski definition) is 5. The number of ketones is 1. The summed E-state index contributed by atoms with van der Waals surface area (Å²) in [6.45, 7) is 4.13. The van der Waals surface area contributed by atoms with Crippen LogP contribution in [-0.2, 0) is 16.6 Å². The van der Waals surface area contributed by atoms with Crippen LogP contribution in [0.5, 0.6) is 0 Å². The smallest absolute Gasteiger partial charge is 0.176 e. The van der Waals surface area contributed by atoms with Crippen LogP contribution in [0.15, 0.2) is 48.2 Å². The summed E-state index contributed by atoms with van der Waals surface area (Å²) in [5, 5.41) is 10.7. The van der Waals surface area contributed by atoms with Crippen LogP contribution in [0.2, 0.25) is 0 Å². The van der Waals surface area contributed by atoms with E-state index in [9.17, 15) is 10.1 Å². The highest BCUT2D eigenvalue weighted by Gasteiger charge is 2.50. The van der Waals surface area contributed by atoms with Gasteiger partial charge in [0, 0.05) is 34.4 Å². The lowest BCUT2D eigenvalue weighted by Crippen LogP contribution is -2.46. The van der Waals surface area contributed by atoms with Gasteiger partial charge in [-0.1, -0.05) is 38.1 Å². The van der Waals surface area contributed by atoms with Gasteiger partial charge in [0.05, 0.1) is 22.5 Å². The van der Waals surface area contributed by atoms with Gasteiger partial charge in [-0.3, -0.25) is 9.78 Å². The number of fused-ring (bicyclic) bond motifs is 4. The van der Waals surface area contributed by atoms with E-state index in [2.05, 4.69) is 24.0 Å². The Balaban J connectivity index is 1.63. The molecule has 3 aliphatic rings. The molecule has 3 atom stereocenters. The Kier molecular flexibility index (Phi) is 4.10. The molecular formula is C27H24N4O. The van der Waals surface area contributed by atoms with Crippen molar-refractivity contribution in [2.24, 2.45) is 11.8 Å². The van der Waals surface area contributed by atoms with Gasteiger partial charge in [-0.05, 0) is 49.3 Å². The first-order chi connectivity index (χ1) is 15.5. The normalized spacial score (nSPS) is 26.8. The van der Waals surface area contributed by atoms with Gasteiger partial charge >= 0.3 is 0 Å². The van der Waals surface area contributed by atoms with Crippen LogP contribution >= 0.6 is 0 Å². The minimum absolute atomic E-state index is 0.0322. The third-order valence-corrected chi connectivity index (χ3v) is 7.73. The summed E-state index contributed by atoms with van der Waals surface area (Å²) < 4.78 is 0. The topological polar surface area (TPSA) is 79.5 Å². The minimum atomic E-state index is -0.448. The zero-order chi connectivity index (χ0) is 22.0.